The molecule has 0 fully saturated rings. The lowest BCUT2D eigenvalue weighted by molar-refractivity contribution is 0.401. The molecule has 6 heteroatoms. The van der Waals surface area contributed by atoms with Gasteiger partial charge in [-0.25, -0.2) is 15.0 Å². The van der Waals surface area contributed by atoms with Gasteiger partial charge in [0.25, 0.3) is 0 Å². The Labute approximate surface area is 211 Å². The van der Waals surface area contributed by atoms with Gasteiger partial charge in [-0.1, -0.05) is 54.6 Å². The van der Waals surface area contributed by atoms with Crippen LogP contribution in [0.25, 0.3) is 0 Å². The maximum absolute atomic E-state index is 5.70. The number of benzene rings is 4. The van der Waals surface area contributed by atoms with E-state index in [0.717, 1.165) is 33.8 Å². The number of ether oxygens (including phenoxy) is 3. The molecule has 0 aliphatic carbocycles. The van der Waals surface area contributed by atoms with Gasteiger partial charge in [0.05, 0.1) is 38.4 Å². The molecule has 36 heavy (non-hydrogen) atoms. The van der Waals surface area contributed by atoms with E-state index in [1.54, 1.807) is 21.3 Å². The summed E-state index contributed by atoms with van der Waals surface area (Å²) < 4.78 is 17.1. The van der Waals surface area contributed by atoms with Crippen LogP contribution in [0.4, 0.5) is 17.1 Å². The zero-order valence-corrected chi connectivity index (χ0v) is 20.5. The predicted octanol–water partition coefficient (Wildman–Crippen LogP) is 6.86. The van der Waals surface area contributed by atoms with Crippen molar-refractivity contribution in [2.24, 2.45) is 15.0 Å². The van der Waals surface area contributed by atoms with Crippen molar-refractivity contribution in [3.05, 3.63) is 126 Å². The molecule has 0 atom stereocenters. The number of hydrogen-bond donors (Lipinski definition) is 0. The van der Waals surface area contributed by atoms with Crippen LogP contribution in [0, 0.1) is 0 Å². The standard InChI is InChI=1S/C30H27N3O3/c1-34-28(31-25-13-7-4-8-14-25)22-19-23(29(35-2)32-26-15-9-5-10-16-26)21-24(20-22)30(36-3)33-27-17-11-6-12-18-27/h4-21H,1-3H3. The Morgan fingerprint density at radius 3 is 0.889 bits per heavy atom. The first-order valence-electron chi connectivity index (χ1n) is 11.4. The van der Waals surface area contributed by atoms with Gasteiger partial charge in [-0.3, -0.25) is 0 Å². The zero-order chi connectivity index (χ0) is 25.2. The predicted molar refractivity (Wildman–Crippen MR) is 145 cm³/mol. The van der Waals surface area contributed by atoms with Gasteiger partial charge >= 0.3 is 0 Å². The Morgan fingerprint density at radius 1 is 0.417 bits per heavy atom. The number of nitrogens with zero attached hydrogens (tertiary/aromatic N) is 3. The van der Waals surface area contributed by atoms with Crippen LogP contribution in [0.3, 0.4) is 0 Å². The monoisotopic (exact) mass is 477 g/mol. The number of para-hydroxylation sites is 3. The Morgan fingerprint density at radius 2 is 0.667 bits per heavy atom. The van der Waals surface area contributed by atoms with Crippen LogP contribution < -0.4 is 0 Å². The van der Waals surface area contributed by atoms with E-state index >= 15 is 0 Å². The molecule has 0 amide bonds. The molecule has 0 N–H and O–H groups in total. The Hall–Kier alpha value is -4.71. The molecule has 0 radical (unpaired) electrons. The van der Waals surface area contributed by atoms with E-state index in [2.05, 4.69) is 0 Å². The molecule has 4 rings (SSSR count). The second-order valence-electron chi connectivity index (χ2n) is 7.67. The minimum atomic E-state index is 0.439. The molecule has 4 aromatic rings. The summed E-state index contributed by atoms with van der Waals surface area (Å²) in [5.74, 6) is 1.32. The first-order valence-corrected chi connectivity index (χ1v) is 11.4. The summed E-state index contributed by atoms with van der Waals surface area (Å²) in [5.41, 5.74) is 4.50. The van der Waals surface area contributed by atoms with Crippen LogP contribution in [0.2, 0.25) is 0 Å². The molecule has 0 unspecified atom stereocenters. The molecule has 0 heterocycles. The van der Waals surface area contributed by atoms with Gasteiger partial charge in [0.15, 0.2) is 0 Å². The lowest BCUT2D eigenvalue weighted by atomic mass is 10.0. The highest BCUT2D eigenvalue weighted by atomic mass is 16.5. The maximum Gasteiger partial charge on any atom is 0.221 e. The van der Waals surface area contributed by atoms with Crippen LogP contribution in [-0.4, -0.2) is 39.0 Å². The van der Waals surface area contributed by atoms with Crippen LogP contribution in [0.15, 0.2) is 124 Å². The second-order valence-corrected chi connectivity index (χ2v) is 7.67. The Balaban J connectivity index is 1.88. The maximum atomic E-state index is 5.70. The normalized spacial score (nSPS) is 12.2. The summed E-state index contributed by atoms with van der Waals surface area (Å²) in [6.45, 7) is 0. The Kier molecular flexibility index (Phi) is 8.22. The minimum Gasteiger partial charge on any atom is -0.481 e. The highest BCUT2D eigenvalue weighted by Gasteiger charge is 2.16. The smallest absolute Gasteiger partial charge is 0.221 e. The molecule has 180 valence electrons. The number of hydrogen-bond acceptors (Lipinski definition) is 6. The summed E-state index contributed by atoms with van der Waals surface area (Å²) in [6, 6.07) is 34.7. The highest BCUT2D eigenvalue weighted by molar-refractivity contribution is 6.05. The van der Waals surface area contributed by atoms with Gasteiger partial charge in [-0.05, 0) is 54.6 Å². The molecule has 0 aromatic heterocycles. The molecule has 0 saturated heterocycles. The SMILES string of the molecule is COC(=Nc1ccccc1)c1cc(C(=Nc2ccccc2)OC)cc(C(=Nc2ccccc2)OC)c1. The minimum absolute atomic E-state index is 0.439. The Bertz CT molecular complexity index is 1180. The van der Waals surface area contributed by atoms with Gasteiger partial charge in [0.2, 0.25) is 17.7 Å². The number of methoxy groups -OCH3 is 3. The van der Waals surface area contributed by atoms with E-state index in [9.17, 15) is 0 Å². The number of rotatable bonds is 6. The van der Waals surface area contributed by atoms with Crippen molar-refractivity contribution in [2.45, 2.75) is 0 Å². The molecule has 0 saturated carbocycles. The molecule has 0 bridgehead atoms. The highest BCUT2D eigenvalue weighted by Crippen LogP contribution is 2.22. The molecule has 0 aliphatic rings. The summed E-state index contributed by atoms with van der Waals surface area (Å²) >= 11 is 0. The molecule has 4 aromatic carbocycles. The molecular weight excluding hydrogens is 450 g/mol. The van der Waals surface area contributed by atoms with Crippen LogP contribution in [-0.2, 0) is 14.2 Å². The van der Waals surface area contributed by atoms with E-state index < -0.39 is 0 Å². The first kappa shape index (κ1) is 24.4. The molecule has 0 spiro atoms. The van der Waals surface area contributed by atoms with Crippen molar-refractivity contribution in [3.63, 3.8) is 0 Å². The van der Waals surface area contributed by atoms with Crippen LogP contribution >= 0.6 is 0 Å². The summed E-state index contributed by atoms with van der Waals surface area (Å²) in [7, 11) is 4.79. The summed E-state index contributed by atoms with van der Waals surface area (Å²) in [6.07, 6.45) is 0. The lowest BCUT2D eigenvalue weighted by Crippen LogP contribution is -2.12. The largest absolute Gasteiger partial charge is 0.481 e. The van der Waals surface area contributed by atoms with E-state index in [4.69, 9.17) is 29.2 Å². The van der Waals surface area contributed by atoms with E-state index in [1.165, 1.54) is 0 Å². The van der Waals surface area contributed by atoms with Crippen molar-refractivity contribution in [1.29, 1.82) is 0 Å². The van der Waals surface area contributed by atoms with Crippen LogP contribution in [0.1, 0.15) is 16.7 Å². The van der Waals surface area contributed by atoms with Crippen molar-refractivity contribution < 1.29 is 14.2 Å². The average molecular weight is 478 g/mol. The third-order valence-corrected chi connectivity index (χ3v) is 5.21. The van der Waals surface area contributed by atoms with Crippen molar-refractivity contribution >= 4 is 34.8 Å². The lowest BCUT2D eigenvalue weighted by Gasteiger charge is -2.13. The molecular formula is C30H27N3O3. The third kappa shape index (κ3) is 6.24. The zero-order valence-electron chi connectivity index (χ0n) is 20.5. The van der Waals surface area contributed by atoms with Gasteiger partial charge in [-0.15, -0.1) is 0 Å². The van der Waals surface area contributed by atoms with Gasteiger partial charge in [-0.2, -0.15) is 0 Å². The van der Waals surface area contributed by atoms with Gasteiger partial charge in [0, 0.05) is 16.7 Å². The van der Waals surface area contributed by atoms with Crippen LogP contribution in [0.5, 0.6) is 0 Å². The van der Waals surface area contributed by atoms with Gasteiger partial charge < -0.3 is 14.2 Å². The third-order valence-electron chi connectivity index (χ3n) is 5.21. The average Bonchev–Trinajstić information content (AvgIpc) is 2.94. The topological polar surface area (TPSA) is 64.8 Å². The summed E-state index contributed by atoms with van der Waals surface area (Å²) in [4.78, 5) is 14.1. The fourth-order valence-corrected chi connectivity index (χ4v) is 3.54. The summed E-state index contributed by atoms with van der Waals surface area (Å²) in [5, 5.41) is 0. The van der Waals surface area contributed by atoms with Crippen molar-refractivity contribution in [3.8, 4) is 0 Å². The van der Waals surface area contributed by atoms with Crippen molar-refractivity contribution in [2.75, 3.05) is 21.3 Å². The van der Waals surface area contributed by atoms with E-state index in [-0.39, 0.29) is 0 Å². The second kappa shape index (κ2) is 12.1. The number of aliphatic imine (C=N–C) groups is 3. The van der Waals surface area contributed by atoms with E-state index in [1.807, 2.05) is 109 Å². The fourth-order valence-electron chi connectivity index (χ4n) is 3.54. The van der Waals surface area contributed by atoms with E-state index in [0.29, 0.717) is 17.7 Å². The van der Waals surface area contributed by atoms with Crippen molar-refractivity contribution in [1.82, 2.24) is 0 Å². The molecule has 6 nitrogen and oxygen atoms in total. The quantitative estimate of drug-likeness (QED) is 0.225. The van der Waals surface area contributed by atoms with Gasteiger partial charge in [0.1, 0.15) is 0 Å². The molecule has 0 aliphatic heterocycles. The first-order chi connectivity index (χ1) is 17.7. The fraction of sp³-hybridized carbons (Fsp3) is 0.100.